The van der Waals surface area contributed by atoms with Gasteiger partial charge in [0.25, 0.3) is 0 Å². The van der Waals surface area contributed by atoms with Gasteiger partial charge in [0, 0.05) is 19.1 Å². The van der Waals surface area contributed by atoms with Crippen LogP contribution in [0, 0.1) is 5.92 Å². The first-order valence-corrected chi connectivity index (χ1v) is 8.81. The first-order chi connectivity index (χ1) is 12.3. The molecule has 3 heteroatoms. The summed E-state index contributed by atoms with van der Waals surface area (Å²) in [6.45, 7) is 0.483. The Bertz CT molecular complexity index is 867. The average Bonchev–Trinajstić information content (AvgIpc) is 2.69. The van der Waals surface area contributed by atoms with Crippen molar-refractivity contribution in [2.75, 3.05) is 6.73 Å². The molecule has 1 aliphatic heterocycles. The summed E-state index contributed by atoms with van der Waals surface area (Å²) in [5, 5.41) is 2.64. The standard InChI is InChI=1S/C18H16O.C4H5NO/c19-14-7-10-16-13(11-14)6-9-17-15-4-2-1-3-12(15)5-8-18(16)17;1-2-5-4-6-3-1/h1-6,8-9,13,16H,7,10-11H2;1-3H,4H2. The predicted octanol–water partition coefficient (Wildman–Crippen LogP) is 4.88. The SMILES string of the molecule is C1=COCN=C1.O=C1CCC2c3ccc4ccccc4c3C=CC2C1. The van der Waals surface area contributed by atoms with Gasteiger partial charge < -0.3 is 4.74 Å². The quantitative estimate of drug-likeness (QED) is 0.690. The Kier molecular flexibility index (Phi) is 4.47. The van der Waals surface area contributed by atoms with Crippen molar-refractivity contribution in [3.63, 3.8) is 0 Å². The summed E-state index contributed by atoms with van der Waals surface area (Å²) < 4.78 is 4.69. The third kappa shape index (κ3) is 3.27. The minimum absolute atomic E-state index is 0.426. The molecule has 0 aromatic heterocycles. The molecule has 3 aliphatic rings. The summed E-state index contributed by atoms with van der Waals surface area (Å²) in [5.74, 6) is 1.40. The topological polar surface area (TPSA) is 38.7 Å². The van der Waals surface area contributed by atoms with Gasteiger partial charge in [0.1, 0.15) is 5.78 Å². The molecule has 2 aromatic rings. The number of Topliss-reactive ketones (excluding diaryl/α,β-unsaturated/α-hetero) is 1. The molecule has 0 spiro atoms. The van der Waals surface area contributed by atoms with Crippen LogP contribution in [0.2, 0.25) is 0 Å². The Hall–Kier alpha value is -2.68. The lowest BCUT2D eigenvalue weighted by molar-refractivity contribution is -0.121. The number of carbonyl (C=O) groups excluding carboxylic acids is 1. The van der Waals surface area contributed by atoms with Crippen LogP contribution in [0.15, 0.2) is 59.8 Å². The van der Waals surface area contributed by atoms with Gasteiger partial charge in [-0.1, -0.05) is 48.6 Å². The Morgan fingerprint density at radius 1 is 1.12 bits per heavy atom. The smallest absolute Gasteiger partial charge is 0.178 e. The van der Waals surface area contributed by atoms with Crippen LogP contribution < -0.4 is 0 Å². The summed E-state index contributed by atoms with van der Waals surface area (Å²) in [4.78, 5) is 15.4. The van der Waals surface area contributed by atoms with Crippen LogP contribution in [0.5, 0.6) is 0 Å². The van der Waals surface area contributed by atoms with E-state index in [1.54, 1.807) is 18.6 Å². The molecule has 0 N–H and O–H groups in total. The highest BCUT2D eigenvalue weighted by atomic mass is 16.5. The maximum absolute atomic E-state index is 11.6. The van der Waals surface area contributed by atoms with Crippen molar-refractivity contribution in [1.82, 2.24) is 0 Å². The molecule has 25 heavy (non-hydrogen) atoms. The summed E-state index contributed by atoms with van der Waals surface area (Å²) in [6, 6.07) is 13.1. The molecule has 126 valence electrons. The Balaban J connectivity index is 0.000000223. The number of allylic oxidation sites excluding steroid dienone is 2. The first kappa shape index (κ1) is 15.8. The van der Waals surface area contributed by atoms with Crippen molar-refractivity contribution >= 4 is 28.8 Å². The summed E-state index contributed by atoms with van der Waals surface area (Å²) in [7, 11) is 0. The Morgan fingerprint density at radius 3 is 2.80 bits per heavy atom. The van der Waals surface area contributed by atoms with Crippen LogP contribution in [0.4, 0.5) is 0 Å². The molecule has 2 aromatic carbocycles. The van der Waals surface area contributed by atoms with E-state index in [-0.39, 0.29) is 0 Å². The lowest BCUT2D eigenvalue weighted by Crippen LogP contribution is -2.24. The van der Waals surface area contributed by atoms with E-state index in [1.807, 2.05) is 0 Å². The molecular formula is C22H21NO2. The number of benzene rings is 2. The van der Waals surface area contributed by atoms with Crippen molar-refractivity contribution in [3.05, 3.63) is 65.9 Å². The fraction of sp³-hybridized carbons (Fsp3) is 0.273. The van der Waals surface area contributed by atoms with Gasteiger partial charge in [0.2, 0.25) is 0 Å². The second kappa shape index (κ2) is 7.06. The van der Waals surface area contributed by atoms with Crippen molar-refractivity contribution in [2.45, 2.75) is 25.2 Å². The fourth-order valence-corrected chi connectivity index (χ4v) is 3.95. The van der Waals surface area contributed by atoms with Gasteiger partial charge in [-0.2, -0.15) is 0 Å². The number of ether oxygens (including phenoxy) is 1. The molecule has 3 nitrogen and oxygen atoms in total. The van der Waals surface area contributed by atoms with E-state index in [4.69, 9.17) is 4.74 Å². The molecule has 1 saturated carbocycles. The molecule has 0 radical (unpaired) electrons. The molecule has 2 atom stereocenters. The van der Waals surface area contributed by atoms with Crippen LogP contribution in [-0.4, -0.2) is 18.7 Å². The molecule has 5 rings (SSSR count). The number of carbonyl (C=O) groups is 1. The van der Waals surface area contributed by atoms with Crippen LogP contribution >= 0.6 is 0 Å². The zero-order valence-corrected chi connectivity index (χ0v) is 14.1. The van der Waals surface area contributed by atoms with Crippen molar-refractivity contribution < 1.29 is 9.53 Å². The zero-order chi connectivity index (χ0) is 17.1. The molecular weight excluding hydrogens is 310 g/mol. The van der Waals surface area contributed by atoms with Gasteiger partial charge in [-0.3, -0.25) is 9.79 Å². The second-order valence-corrected chi connectivity index (χ2v) is 6.66. The normalized spacial score (nSPS) is 23.3. The lowest BCUT2D eigenvalue weighted by Gasteiger charge is -2.33. The molecule has 2 unspecified atom stereocenters. The fourth-order valence-electron chi connectivity index (χ4n) is 3.95. The maximum atomic E-state index is 11.6. The number of aliphatic imine (C=N–C) groups is 1. The third-order valence-electron chi connectivity index (χ3n) is 5.14. The largest absolute Gasteiger partial charge is 0.479 e. The van der Waals surface area contributed by atoms with Crippen LogP contribution in [-0.2, 0) is 9.53 Å². The number of fused-ring (bicyclic) bond motifs is 5. The highest BCUT2D eigenvalue weighted by molar-refractivity contribution is 5.93. The average molecular weight is 331 g/mol. The molecule has 1 heterocycles. The van der Waals surface area contributed by atoms with Crippen molar-refractivity contribution in [3.8, 4) is 0 Å². The van der Waals surface area contributed by atoms with Gasteiger partial charge in [-0.25, -0.2) is 0 Å². The summed E-state index contributed by atoms with van der Waals surface area (Å²) in [6.07, 6.45) is 12.1. The first-order valence-electron chi connectivity index (χ1n) is 8.81. The van der Waals surface area contributed by atoms with Crippen LogP contribution in [0.1, 0.15) is 36.3 Å². The van der Waals surface area contributed by atoms with Gasteiger partial charge in [-0.05, 0) is 46.2 Å². The highest BCUT2D eigenvalue weighted by Crippen LogP contribution is 2.44. The minimum Gasteiger partial charge on any atom is -0.479 e. The molecule has 0 saturated heterocycles. The zero-order valence-electron chi connectivity index (χ0n) is 14.1. The summed E-state index contributed by atoms with van der Waals surface area (Å²) in [5.41, 5.74) is 2.81. The van der Waals surface area contributed by atoms with E-state index in [1.165, 1.54) is 21.9 Å². The lowest BCUT2D eigenvalue weighted by atomic mass is 9.70. The molecule has 1 fully saturated rings. The van der Waals surface area contributed by atoms with Crippen molar-refractivity contribution in [1.29, 1.82) is 0 Å². The third-order valence-corrected chi connectivity index (χ3v) is 5.14. The van der Waals surface area contributed by atoms with Crippen LogP contribution in [0.25, 0.3) is 16.8 Å². The molecule has 2 aliphatic carbocycles. The van der Waals surface area contributed by atoms with Gasteiger partial charge in [0.15, 0.2) is 6.73 Å². The summed E-state index contributed by atoms with van der Waals surface area (Å²) >= 11 is 0. The van der Waals surface area contributed by atoms with Gasteiger partial charge >= 0.3 is 0 Å². The number of nitrogens with zero attached hydrogens (tertiary/aromatic N) is 1. The number of hydrogen-bond donors (Lipinski definition) is 0. The number of ketones is 1. The molecule has 0 bridgehead atoms. The number of hydrogen-bond acceptors (Lipinski definition) is 3. The van der Waals surface area contributed by atoms with E-state index >= 15 is 0 Å². The van der Waals surface area contributed by atoms with Crippen LogP contribution in [0.3, 0.4) is 0 Å². The van der Waals surface area contributed by atoms with E-state index in [0.29, 0.717) is 24.3 Å². The van der Waals surface area contributed by atoms with Gasteiger partial charge in [-0.15, -0.1) is 0 Å². The Labute approximate surface area is 147 Å². The van der Waals surface area contributed by atoms with E-state index in [0.717, 1.165) is 19.3 Å². The van der Waals surface area contributed by atoms with E-state index < -0.39 is 0 Å². The van der Waals surface area contributed by atoms with E-state index in [9.17, 15) is 4.79 Å². The van der Waals surface area contributed by atoms with E-state index in [2.05, 4.69) is 53.5 Å². The second-order valence-electron chi connectivity index (χ2n) is 6.66. The maximum Gasteiger partial charge on any atom is 0.178 e. The number of rotatable bonds is 0. The minimum atomic E-state index is 0.426. The highest BCUT2D eigenvalue weighted by Gasteiger charge is 2.32. The van der Waals surface area contributed by atoms with Gasteiger partial charge in [0.05, 0.1) is 6.26 Å². The van der Waals surface area contributed by atoms with Crippen molar-refractivity contribution in [2.24, 2.45) is 10.9 Å². The monoisotopic (exact) mass is 331 g/mol. The predicted molar refractivity (Wildman–Crippen MR) is 102 cm³/mol. The Morgan fingerprint density at radius 2 is 2.04 bits per heavy atom. The molecule has 0 amide bonds.